The Hall–Kier alpha value is -1.10. The Balaban J connectivity index is 2.90. The van der Waals surface area contributed by atoms with Crippen molar-refractivity contribution in [2.75, 3.05) is 31.2 Å². The zero-order chi connectivity index (χ0) is 12.0. The van der Waals surface area contributed by atoms with Crippen LogP contribution in [-0.2, 0) is 6.54 Å². The van der Waals surface area contributed by atoms with Crippen molar-refractivity contribution in [2.24, 2.45) is 5.73 Å². The van der Waals surface area contributed by atoms with E-state index in [1.165, 1.54) is 0 Å². The summed E-state index contributed by atoms with van der Waals surface area (Å²) in [4.78, 5) is 1.97. The molecule has 0 aliphatic heterocycles. The van der Waals surface area contributed by atoms with Gasteiger partial charge in [-0.05, 0) is 24.1 Å². The largest absolute Gasteiger partial charge is 0.395 e. The lowest BCUT2D eigenvalue weighted by Gasteiger charge is -2.25. The number of hydrogen-bond acceptors (Lipinski definition) is 4. The van der Waals surface area contributed by atoms with Gasteiger partial charge in [-0.3, -0.25) is 0 Å². The Kier molecular flexibility index (Phi) is 5.25. The second-order valence-electron chi connectivity index (χ2n) is 3.76. The van der Waals surface area contributed by atoms with Crippen LogP contribution in [0.2, 0.25) is 0 Å². The smallest absolute Gasteiger partial charge is 0.0606 e. The Morgan fingerprint density at radius 1 is 1.19 bits per heavy atom. The topological polar surface area (TPSA) is 69.7 Å². The highest BCUT2D eigenvalue weighted by molar-refractivity contribution is 5.54. The maximum Gasteiger partial charge on any atom is 0.0606 e. The lowest BCUT2D eigenvalue weighted by molar-refractivity contribution is 0.281. The molecule has 1 aromatic carbocycles. The molecule has 90 valence electrons. The van der Waals surface area contributed by atoms with Crippen molar-refractivity contribution in [3.63, 3.8) is 0 Å². The van der Waals surface area contributed by atoms with E-state index in [1.54, 1.807) is 0 Å². The molecular weight excluding hydrogens is 204 g/mol. The maximum atomic E-state index is 8.97. The molecule has 4 nitrogen and oxygen atoms in total. The SMILES string of the molecule is Cc1cc(CN)ccc1N(CCO)CCO. The van der Waals surface area contributed by atoms with Gasteiger partial charge in [-0.1, -0.05) is 12.1 Å². The van der Waals surface area contributed by atoms with E-state index in [9.17, 15) is 0 Å². The van der Waals surface area contributed by atoms with Crippen molar-refractivity contribution in [3.05, 3.63) is 29.3 Å². The third-order valence-corrected chi connectivity index (χ3v) is 2.58. The van der Waals surface area contributed by atoms with E-state index >= 15 is 0 Å². The molecule has 0 saturated carbocycles. The molecule has 4 heteroatoms. The second-order valence-corrected chi connectivity index (χ2v) is 3.76. The molecule has 0 amide bonds. The van der Waals surface area contributed by atoms with E-state index in [0.29, 0.717) is 19.6 Å². The maximum absolute atomic E-state index is 8.97. The van der Waals surface area contributed by atoms with Crippen LogP contribution in [0, 0.1) is 6.92 Å². The molecule has 0 radical (unpaired) electrons. The Labute approximate surface area is 96.3 Å². The first-order chi connectivity index (χ1) is 7.72. The van der Waals surface area contributed by atoms with Crippen molar-refractivity contribution in [3.8, 4) is 0 Å². The minimum atomic E-state index is 0.0814. The van der Waals surface area contributed by atoms with Crippen LogP contribution in [0.3, 0.4) is 0 Å². The summed E-state index contributed by atoms with van der Waals surface area (Å²) >= 11 is 0. The molecule has 4 N–H and O–H groups in total. The van der Waals surface area contributed by atoms with Crippen LogP contribution in [0.15, 0.2) is 18.2 Å². The normalized spacial score (nSPS) is 10.5. The third kappa shape index (κ3) is 3.20. The number of benzene rings is 1. The fourth-order valence-corrected chi connectivity index (χ4v) is 1.79. The van der Waals surface area contributed by atoms with Crippen molar-refractivity contribution in [1.82, 2.24) is 0 Å². The summed E-state index contributed by atoms with van der Waals surface area (Å²) in [5.41, 5.74) is 8.82. The van der Waals surface area contributed by atoms with Crippen LogP contribution in [-0.4, -0.2) is 36.5 Å². The van der Waals surface area contributed by atoms with Gasteiger partial charge < -0.3 is 20.8 Å². The number of anilines is 1. The Bertz CT molecular complexity index is 323. The fourth-order valence-electron chi connectivity index (χ4n) is 1.79. The number of rotatable bonds is 6. The van der Waals surface area contributed by atoms with E-state index in [0.717, 1.165) is 16.8 Å². The van der Waals surface area contributed by atoms with Gasteiger partial charge in [0, 0.05) is 25.3 Å². The highest BCUT2D eigenvalue weighted by atomic mass is 16.3. The number of aliphatic hydroxyl groups is 2. The minimum absolute atomic E-state index is 0.0814. The minimum Gasteiger partial charge on any atom is -0.395 e. The molecular formula is C12H20N2O2. The van der Waals surface area contributed by atoms with Gasteiger partial charge in [-0.15, -0.1) is 0 Å². The van der Waals surface area contributed by atoms with Crippen LogP contribution < -0.4 is 10.6 Å². The highest BCUT2D eigenvalue weighted by Gasteiger charge is 2.08. The third-order valence-electron chi connectivity index (χ3n) is 2.58. The quantitative estimate of drug-likeness (QED) is 0.647. The molecule has 0 atom stereocenters. The Morgan fingerprint density at radius 2 is 1.81 bits per heavy atom. The summed E-state index contributed by atoms with van der Waals surface area (Å²) < 4.78 is 0. The van der Waals surface area contributed by atoms with Gasteiger partial charge in [-0.25, -0.2) is 0 Å². The van der Waals surface area contributed by atoms with E-state index < -0.39 is 0 Å². The summed E-state index contributed by atoms with van der Waals surface area (Å²) in [7, 11) is 0. The lowest BCUT2D eigenvalue weighted by atomic mass is 10.1. The van der Waals surface area contributed by atoms with Gasteiger partial charge in [0.05, 0.1) is 13.2 Å². The van der Waals surface area contributed by atoms with E-state index in [4.69, 9.17) is 15.9 Å². The van der Waals surface area contributed by atoms with Gasteiger partial charge in [0.25, 0.3) is 0 Å². The number of nitrogens with zero attached hydrogens (tertiary/aromatic N) is 1. The van der Waals surface area contributed by atoms with Crippen LogP contribution >= 0.6 is 0 Å². The van der Waals surface area contributed by atoms with Gasteiger partial charge >= 0.3 is 0 Å². The molecule has 0 unspecified atom stereocenters. The molecule has 0 spiro atoms. The standard InChI is InChI=1S/C12H20N2O2/c1-10-8-11(9-13)2-3-12(10)14(4-6-15)5-7-16/h2-3,8,15-16H,4-7,9,13H2,1H3. The zero-order valence-electron chi connectivity index (χ0n) is 9.69. The number of aryl methyl sites for hydroxylation is 1. The van der Waals surface area contributed by atoms with Crippen molar-refractivity contribution in [2.45, 2.75) is 13.5 Å². The van der Waals surface area contributed by atoms with Gasteiger partial charge in [0.15, 0.2) is 0 Å². The summed E-state index contributed by atoms with van der Waals surface area (Å²) in [5.74, 6) is 0. The molecule has 16 heavy (non-hydrogen) atoms. The Morgan fingerprint density at radius 3 is 2.25 bits per heavy atom. The number of hydrogen-bond donors (Lipinski definition) is 3. The monoisotopic (exact) mass is 224 g/mol. The molecule has 0 aromatic heterocycles. The summed E-state index contributed by atoms with van der Waals surface area (Å²) in [6, 6.07) is 6.00. The molecule has 0 saturated heterocycles. The highest BCUT2D eigenvalue weighted by Crippen LogP contribution is 2.20. The van der Waals surface area contributed by atoms with Gasteiger partial charge in [-0.2, -0.15) is 0 Å². The first kappa shape index (κ1) is 13.0. The average Bonchev–Trinajstić information content (AvgIpc) is 2.29. The number of nitrogens with two attached hydrogens (primary N) is 1. The van der Waals surface area contributed by atoms with Crippen molar-refractivity contribution < 1.29 is 10.2 Å². The molecule has 0 aliphatic carbocycles. The predicted octanol–water partition coefficient (Wildman–Crippen LogP) is 0.245. The van der Waals surface area contributed by atoms with E-state index in [2.05, 4.69) is 0 Å². The first-order valence-corrected chi connectivity index (χ1v) is 5.49. The van der Waals surface area contributed by atoms with Crippen molar-refractivity contribution >= 4 is 5.69 Å². The van der Waals surface area contributed by atoms with Gasteiger partial charge in [0.1, 0.15) is 0 Å². The van der Waals surface area contributed by atoms with E-state index in [1.807, 2.05) is 30.0 Å². The summed E-state index contributed by atoms with van der Waals surface area (Å²) in [6.07, 6.45) is 0. The summed E-state index contributed by atoms with van der Waals surface area (Å²) in [5, 5.41) is 17.9. The van der Waals surface area contributed by atoms with Crippen LogP contribution in [0.4, 0.5) is 5.69 Å². The van der Waals surface area contributed by atoms with Crippen LogP contribution in [0.1, 0.15) is 11.1 Å². The first-order valence-electron chi connectivity index (χ1n) is 5.49. The van der Waals surface area contributed by atoms with E-state index in [-0.39, 0.29) is 13.2 Å². The van der Waals surface area contributed by atoms with Gasteiger partial charge in [0.2, 0.25) is 0 Å². The molecule has 1 rings (SSSR count). The average molecular weight is 224 g/mol. The molecule has 0 aliphatic rings. The molecule has 1 aromatic rings. The molecule has 0 fully saturated rings. The van der Waals surface area contributed by atoms with Crippen LogP contribution in [0.5, 0.6) is 0 Å². The summed E-state index contributed by atoms with van der Waals surface area (Å²) in [6.45, 7) is 3.76. The van der Waals surface area contributed by atoms with Crippen LogP contribution in [0.25, 0.3) is 0 Å². The second kappa shape index (κ2) is 6.48. The number of aliphatic hydroxyl groups excluding tert-OH is 2. The zero-order valence-corrected chi connectivity index (χ0v) is 9.69. The predicted molar refractivity (Wildman–Crippen MR) is 65.5 cm³/mol. The molecule has 0 bridgehead atoms. The fraction of sp³-hybridized carbons (Fsp3) is 0.500. The lowest BCUT2D eigenvalue weighted by Crippen LogP contribution is -2.30. The van der Waals surface area contributed by atoms with Crippen molar-refractivity contribution in [1.29, 1.82) is 0 Å². The molecule has 0 heterocycles.